The van der Waals surface area contributed by atoms with E-state index in [0.29, 0.717) is 6.42 Å². The molecule has 0 radical (unpaired) electrons. The molecular weight excluding hydrogens is 396 g/mol. The predicted octanol–water partition coefficient (Wildman–Crippen LogP) is 3.53. The van der Waals surface area contributed by atoms with Gasteiger partial charge in [0.15, 0.2) is 0 Å². The molecule has 0 aromatic heterocycles. The summed E-state index contributed by atoms with van der Waals surface area (Å²) in [5.41, 5.74) is 4.46. The van der Waals surface area contributed by atoms with Crippen LogP contribution < -0.4 is 10.6 Å². The van der Waals surface area contributed by atoms with E-state index in [0.717, 1.165) is 22.3 Å². The Morgan fingerprint density at radius 2 is 1.52 bits per heavy atom. The second kappa shape index (κ2) is 9.64. The van der Waals surface area contributed by atoms with E-state index in [1.807, 2.05) is 36.4 Å². The third-order valence-corrected chi connectivity index (χ3v) is 5.59. The summed E-state index contributed by atoms with van der Waals surface area (Å²) in [6.45, 7) is 5.29. The lowest BCUT2D eigenvalue weighted by molar-refractivity contribution is -0.143. The smallest absolute Gasteiger partial charge is 0.407 e. The number of carboxylic acids is 1. The first kappa shape index (κ1) is 22.3. The zero-order chi connectivity index (χ0) is 22.5. The summed E-state index contributed by atoms with van der Waals surface area (Å²) < 4.78 is 5.48. The number of rotatable bonds is 8. The lowest BCUT2D eigenvalue weighted by Crippen LogP contribution is -2.53. The quantitative estimate of drug-likeness (QED) is 0.601. The molecule has 1 unspecified atom stereocenters. The summed E-state index contributed by atoms with van der Waals surface area (Å²) >= 11 is 0. The maximum Gasteiger partial charge on any atom is 0.407 e. The largest absolute Gasteiger partial charge is 0.480 e. The molecule has 0 fully saturated rings. The van der Waals surface area contributed by atoms with Crippen LogP contribution in [0.2, 0.25) is 0 Å². The van der Waals surface area contributed by atoms with Crippen molar-refractivity contribution in [2.75, 3.05) is 6.61 Å². The Bertz CT molecular complexity index is 926. The van der Waals surface area contributed by atoms with Gasteiger partial charge in [-0.25, -0.2) is 9.59 Å². The molecule has 0 saturated heterocycles. The summed E-state index contributed by atoms with van der Waals surface area (Å²) in [4.78, 5) is 36.2. The predicted molar refractivity (Wildman–Crippen MR) is 117 cm³/mol. The van der Waals surface area contributed by atoms with Gasteiger partial charge in [0.2, 0.25) is 5.91 Å². The zero-order valence-corrected chi connectivity index (χ0v) is 17.9. The fourth-order valence-electron chi connectivity index (χ4n) is 3.90. The first-order valence-corrected chi connectivity index (χ1v) is 10.5. The minimum Gasteiger partial charge on any atom is -0.480 e. The van der Waals surface area contributed by atoms with Crippen LogP contribution in [0.3, 0.4) is 0 Å². The van der Waals surface area contributed by atoms with Crippen LogP contribution in [-0.4, -0.2) is 41.8 Å². The number of carbonyl (C=O) groups excluding carboxylic acids is 2. The molecule has 1 aliphatic carbocycles. The summed E-state index contributed by atoms with van der Waals surface area (Å²) in [5, 5.41) is 14.3. The Hall–Kier alpha value is -3.35. The van der Waals surface area contributed by atoms with Gasteiger partial charge >= 0.3 is 12.1 Å². The molecule has 7 nitrogen and oxygen atoms in total. The second-order valence-electron chi connectivity index (χ2n) is 8.00. The highest BCUT2D eigenvalue weighted by Gasteiger charge is 2.30. The van der Waals surface area contributed by atoms with Gasteiger partial charge in [0.05, 0.1) is 0 Å². The number of alkyl carbamates (subject to hydrolysis) is 1. The van der Waals surface area contributed by atoms with Crippen molar-refractivity contribution in [3.63, 3.8) is 0 Å². The fourth-order valence-corrected chi connectivity index (χ4v) is 3.90. The molecule has 3 rings (SSSR count). The topological polar surface area (TPSA) is 105 Å². The van der Waals surface area contributed by atoms with Gasteiger partial charge in [0.1, 0.15) is 18.7 Å². The fraction of sp³-hybridized carbons (Fsp3) is 0.375. The van der Waals surface area contributed by atoms with Crippen LogP contribution in [0.15, 0.2) is 48.5 Å². The Balaban J connectivity index is 1.63. The van der Waals surface area contributed by atoms with Gasteiger partial charge in [-0.15, -0.1) is 0 Å². The number of fused-ring (bicyclic) bond motifs is 3. The van der Waals surface area contributed by atoms with Crippen molar-refractivity contribution >= 4 is 18.0 Å². The molecule has 2 amide bonds. The van der Waals surface area contributed by atoms with Gasteiger partial charge in [0, 0.05) is 5.92 Å². The van der Waals surface area contributed by atoms with Crippen LogP contribution in [0.25, 0.3) is 11.1 Å². The van der Waals surface area contributed by atoms with Crippen molar-refractivity contribution in [3.05, 3.63) is 59.7 Å². The van der Waals surface area contributed by atoms with Crippen LogP contribution in [0.4, 0.5) is 4.79 Å². The Kier molecular flexibility index (Phi) is 6.95. The normalized spacial score (nSPS) is 14.3. The molecule has 0 heterocycles. The molecule has 3 N–H and O–H groups in total. The van der Waals surface area contributed by atoms with E-state index in [4.69, 9.17) is 4.74 Å². The molecular formula is C24H28N2O5. The Morgan fingerprint density at radius 3 is 2.00 bits per heavy atom. The lowest BCUT2D eigenvalue weighted by Gasteiger charge is -2.22. The lowest BCUT2D eigenvalue weighted by atomic mass is 9.98. The number of benzene rings is 2. The van der Waals surface area contributed by atoms with E-state index in [-0.39, 0.29) is 18.4 Å². The molecule has 164 valence electrons. The van der Waals surface area contributed by atoms with Crippen molar-refractivity contribution in [3.8, 4) is 11.1 Å². The van der Waals surface area contributed by atoms with E-state index in [1.54, 1.807) is 20.8 Å². The number of hydrogen-bond acceptors (Lipinski definition) is 4. The minimum atomic E-state index is -1.11. The maximum atomic E-state index is 12.5. The summed E-state index contributed by atoms with van der Waals surface area (Å²) in [6, 6.07) is 14.2. The molecule has 0 aliphatic heterocycles. The van der Waals surface area contributed by atoms with Crippen LogP contribution >= 0.6 is 0 Å². The first-order valence-electron chi connectivity index (χ1n) is 10.5. The van der Waals surface area contributed by atoms with Crippen molar-refractivity contribution < 1.29 is 24.2 Å². The van der Waals surface area contributed by atoms with E-state index in [1.165, 1.54) is 0 Å². The zero-order valence-electron chi connectivity index (χ0n) is 17.9. The van der Waals surface area contributed by atoms with Crippen molar-refractivity contribution in [2.24, 2.45) is 5.92 Å². The Labute approximate surface area is 181 Å². The number of hydrogen-bond donors (Lipinski definition) is 3. The summed E-state index contributed by atoms with van der Waals surface area (Å²) in [7, 11) is 0. The van der Waals surface area contributed by atoms with Crippen LogP contribution in [0.1, 0.15) is 44.2 Å². The summed E-state index contributed by atoms with van der Waals surface area (Å²) in [5.74, 6) is -2.02. The van der Waals surface area contributed by atoms with Gasteiger partial charge < -0.3 is 20.5 Å². The second-order valence-corrected chi connectivity index (χ2v) is 8.00. The third kappa shape index (κ3) is 4.87. The van der Waals surface area contributed by atoms with Crippen molar-refractivity contribution in [2.45, 2.75) is 45.2 Å². The number of carbonyl (C=O) groups is 3. The highest BCUT2D eigenvalue weighted by molar-refractivity contribution is 5.89. The van der Waals surface area contributed by atoms with Crippen LogP contribution in [-0.2, 0) is 14.3 Å². The van der Waals surface area contributed by atoms with E-state index < -0.39 is 30.1 Å². The monoisotopic (exact) mass is 424 g/mol. The number of nitrogens with one attached hydrogen (secondary N) is 2. The number of aliphatic carboxylic acids is 1. The molecule has 1 aliphatic rings. The molecule has 2 atom stereocenters. The summed E-state index contributed by atoms with van der Waals surface area (Å²) in [6.07, 6.45) is -0.402. The SMILES string of the molecule is CC[C@H](NC(=O)OCC1c2ccccc2-c2ccccc21)C(=O)NC(C(=O)O)C(C)C. The van der Waals surface area contributed by atoms with E-state index in [9.17, 15) is 19.5 Å². The maximum absolute atomic E-state index is 12.5. The first-order chi connectivity index (χ1) is 14.8. The highest BCUT2D eigenvalue weighted by Crippen LogP contribution is 2.44. The molecule has 2 aromatic carbocycles. The van der Waals surface area contributed by atoms with Gasteiger partial charge in [-0.05, 0) is 34.6 Å². The molecule has 0 saturated carbocycles. The van der Waals surface area contributed by atoms with Gasteiger partial charge in [-0.1, -0.05) is 69.3 Å². The number of ether oxygens (including phenoxy) is 1. The molecule has 0 bridgehead atoms. The third-order valence-electron chi connectivity index (χ3n) is 5.59. The molecule has 7 heteroatoms. The van der Waals surface area contributed by atoms with Crippen LogP contribution in [0, 0.1) is 5.92 Å². The minimum absolute atomic E-state index is 0.0793. The number of amides is 2. The average molecular weight is 424 g/mol. The van der Waals surface area contributed by atoms with Crippen molar-refractivity contribution in [1.29, 1.82) is 0 Å². The van der Waals surface area contributed by atoms with E-state index in [2.05, 4.69) is 22.8 Å². The van der Waals surface area contributed by atoms with Gasteiger partial charge in [-0.2, -0.15) is 0 Å². The van der Waals surface area contributed by atoms with Crippen LogP contribution in [0.5, 0.6) is 0 Å². The average Bonchev–Trinajstić information content (AvgIpc) is 3.07. The van der Waals surface area contributed by atoms with Gasteiger partial charge in [-0.3, -0.25) is 4.79 Å². The molecule has 2 aromatic rings. The highest BCUT2D eigenvalue weighted by atomic mass is 16.5. The van der Waals surface area contributed by atoms with Gasteiger partial charge in [0.25, 0.3) is 0 Å². The molecule has 0 spiro atoms. The molecule has 31 heavy (non-hydrogen) atoms. The standard InChI is InChI=1S/C24H28N2O5/c1-4-20(22(27)26-21(14(2)3)23(28)29)25-24(30)31-13-19-17-11-7-5-9-15(17)16-10-6-8-12-18(16)19/h5-12,14,19-21H,4,13H2,1-3H3,(H,25,30)(H,26,27)(H,28,29)/t20-,21?/m0/s1. The Morgan fingerprint density at radius 1 is 0.968 bits per heavy atom. The number of carboxylic acid groups (broad SMARTS) is 1. The van der Waals surface area contributed by atoms with Crippen molar-refractivity contribution in [1.82, 2.24) is 10.6 Å². The van der Waals surface area contributed by atoms with E-state index >= 15 is 0 Å².